The van der Waals surface area contributed by atoms with Crippen molar-refractivity contribution < 1.29 is 4.79 Å². The third-order valence-corrected chi connectivity index (χ3v) is 3.56. The highest BCUT2D eigenvalue weighted by Crippen LogP contribution is 2.27. The second-order valence-electron chi connectivity index (χ2n) is 4.80. The Labute approximate surface area is 117 Å². The van der Waals surface area contributed by atoms with Gasteiger partial charge in [-0.3, -0.25) is 10.2 Å². The molecule has 0 fully saturated rings. The summed E-state index contributed by atoms with van der Waals surface area (Å²) >= 11 is 0. The number of nitrogens with two attached hydrogens (primary N) is 1. The number of benzene rings is 1. The summed E-state index contributed by atoms with van der Waals surface area (Å²) in [6.07, 6.45) is 1.03. The van der Waals surface area contributed by atoms with Gasteiger partial charge in [0.25, 0.3) is 5.91 Å². The molecule has 2 aromatic rings. The van der Waals surface area contributed by atoms with Crippen molar-refractivity contribution >= 4 is 29.2 Å². The number of rotatable bonds is 1. The van der Waals surface area contributed by atoms with Gasteiger partial charge in [-0.05, 0) is 30.8 Å². The first-order valence-corrected chi connectivity index (χ1v) is 6.02. The largest absolute Gasteiger partial charge is 0.358 e. The maximum absolute atomic E-state index is 11.6. The number of nitrogen functional groups attached to an aromatic ring is 1. The summed E-state index contributed by atoms with van der Waals surface area (Å²) in [5.74, 6) is 4.91. The van der Waals surface area contributed by atoms with Crippen molar-refractivity contribution in [1.82, 2.24) is 15.3 Å². The van der Waals surface area contributed by atoms with Crippen molar-refractivity contribution in [3.05, 3.63) is 35.0 Å². The summed E-state index contributed by atoms with van der Waals surface area (Å²) in [4.78, 5) is 17.3. The van der Waals surface area contributed by atoms with E-state index in [1.165, 1.54) is 11.3 Å². The lowest BCUT2D eigenvalue weighted by Gasteiger charge is -2.22. The van der Waals surface area contributed by atoms with E-state index >= 15 is 0 Å². The Bertz CT molecular complexity index is 622. The molecule has 2 heterocycles. The van der Waals surface area contributed by atoms with Crippen LogP contribution in [-0.2, 0) is 13.0 Å². The highest BCUT2D eigenvalue weighted by molar-refractivity contribution is 5.98. The predicted molar refractivity (Wildman–Crippen MR) is 77.2 cm³/mol. The number of likely N-dealkylation sites (N-methyl/N-ethyl adjacent to an activating group) is 1. The first kappa shape index (κ1) is 13.9. The van der Waals surface area contributed by atoms with Gasteiger partial charge < -0.3 is 9.88 Å². The Morgan fingerprint density at radius 3 is 3.00 bits per heavy atom. The van der Waals surface area contributed by atoms with Crippen LogP contribution in [0.2, 0.25) is 0 Å². The van der Waals surface area contributed by atoms with E-state index in [2.05, 4.69) is 22.4 Å². The van der Waals surface area contributed by atoms with Crippen molar-refractivity contribution in [2.75, 3.05) is 13.6 Å². The molecule has 0 aliphatic carbocycles. The fraction of sp³-hybridized carbons (Fsp3) is 0.308. The number of aromatic amines is 1. The number of fused-ring (bicyclic) bond motifs is 3. The number of aromatic nitrogens is 1. The number of nitrogens with zero attached hydrogens (tertiary/aromatic N) is 1. The van der Waals surface area contributed by atoms with Crippen molar-refractivity contribution in [2.24, 2.45) is 5.84 Å². The first-order valence-electron chi connectivity index (χ1n) is 6.02. The summed E-state index contributed by atoms with van der Waals surface area (Å²) < 4.78 is 0. The number of hydrogen-bond donors (Lipinski definition) is 3. The van der Waals surface area contributed by atoms with Gasteiger partial charge in [0.05, 0.1) is 0 Å². The number of carbonyl (C=O) groups excluding carboxylic acids is 1. The van der Waals surface area contributed by atoms with E-state index in [1.807, 2.05) is 12.1 Å². The molecule has 0 saturated heterocycles. The van der Waals surface area contributed by atoms with E-state index in [0.717, 1.165) is 30.4 Å². The highest BCUT2D eigenvalue weighted by Gasteiger charge is 2.19. The van der Waals surface area contributed by atoms with Crippen LogP contribution < -0.4 is 11.3 Å². The first-order chi connectivity index (χ1) is 8.69. The molecule has 0 saturated carbocycles. The normalized spacial score (nSPS) is 14.8. The van der Waals surface area contributed by atoms with Gasteiger partial charge in [0.1, 0.15) is 0 Å². The van der Waals surface area contributed by atoms with Gasteiger partial charge in [-0.25, -0.2) is 5.84 Å². The Morgan fingerprint density at radius 2 is 2.26 bits per heavy atom. The number of hydrogen-bond acceptors (Lipinski definition) is 3. The molecular weight excluding hydrogens is 264 g/mol. The topological polar surface area (TPSA) is 74.2 Å². The van der Waals surface area contributed by atoms with Gasteiger partial charge >= 0.3 is 0 Å². The molecule has 102 valence electrons. The zero-order valence-electron chi connectivity index (χ0n) is 10.7. The number of nitrogens with one attached hydrogen (secondary N) is 2. The molecule has 1 aliphatic heterocycles. The molecule has 0 radical (unpaired) electrons. The second kappa shape index (κ2) is 5.21. The van der Waals surface area contributed by atoms with Crippen LogP contribution in [0.25, 0.3) is 10.9 Å². The molecular formula is C13H17ClN4O. The van der Waals surface area contributed by atoms with Crippen molar-refractivity contribution in [3.8, 4) is 0 Å². The average molecular weight is 281 g/mol. The fourth-order valence-corrected chi connectivity index (χ4v) is 2.57. The molecule has 0 unspecified atom stereocenters. The number of H-pyrrole nitrogens is 1. The van der Waals surface area contributed by atoms with Gasteiger partial charge in [-0.1, -0.05) is 0 Å². The Morgan fingerprint density at radius 1 is 1.47 bits per heavy atom. The third-order valence-electron chi connectivity index (χ3n) is 3.56. The summed E-state index contributed by atoms with van der Waals surface area (Å²) in [7, 11) is 2.11. The number of carbonyl (C=O) groups is 1. The van der Waals surface area contributed by atoms with E-state index in [0.29, 0.717) is 5.56 Å². The maximum Gasteiger partial charge on any atom is 0.265 e. The van der Waals surface area contributed by atoms with E-state index in [9.17, 15) is 4.79 Å². The Hall–Kier alpha value is -1.56. The fourth-order valence-electron chi connectivity index (χ4n) is 2.57. The molecule has 1 amide bonds. The van der Waals surface area contributed by atoms with Crippen LogP contribution in [0, 0.1) is 0 Å². The summed E-state index contributed by atoms with van der Waals surface area (Å²) in [5.41, 5.74) is 6.43. The van der Waals surface area contributed by atoms with Crippen LogP contribution in [0.1, 0.15) is 21.6 Å². The third kappa shape index (κ3) is 2.32. The summed E-state index contributed by atoms with van der Waals surface area (Å²) in [6.45, 7) is 1.99. The quantitative estimate of drug-likeness (QED) is 0.417. The zero-order chi connectivity index (χ0) is 12.7. The molecule has 1 aromatic heterocycles. The van der Waals surface area contributed by atoms with Crippen molar-refractivity contribution in [2.45, 2.75) is 13.0 Å². The minimum absolute atomic E-state index is 0. The molecule has 0 spiro atoms. The van der Waals surface area contributed by atoms with Crippen LogP contribution in [0.4, 0.5) is 0 Å². The SMILES string of the molecule is CN1CCc2[nH]c3ccc(C(=O)NN)cc3c2C1.Cl. The standard InChI is InChI=1S/C13H16N4O.ClH/c1-17-5-4-12-10(7-17)9-6-8(13(18)16-14)2-3-11(9)15-12;/h2-3,6,15H,4-5,7,14H2,1H3,(H,16,18);1H. The highest BCUT2D eigenvalue weighted by atomic mass is 35.5. The molecule has 5 nitrogen and oxygen atoms in total. The minimum atomic E-state index is -0.254. The lowest BCUT2D eigenvalue weighted by atomic mass is 10.0. The molecule has 0 bridgehead atoms. The second-order valence-corrected chi connectivity index (χ2v) is 4.80. The van der Waals surface area contributed by atoms with E-state index in [4.69, 9.17) is 5.84 Å². The minimum Gasteiger partial charge on any atom is -0.358 e. The lowest BCUT2D eigenvalue weighted by Crippen LogP contribution is -2.29. The molecule has 19 heavy (non-hydrogen) atoms. The van der Waals surface area contributed by atoms with Crippen LogP contribution in [0.5, 0.6) is 0 Å². The van der Waals surface area contributed by atoms with Crippen LogP contribution in [0.15, 0.2) is 18.2 Å². The van der Waals surface area contributed by atoms with E-state index in [-0.39, 0.29) is 18.3 Å². The van der Waals surface area contributed by atoms with Crippen LogP contribution in [0.3, 0.4) is 0 Å². The Kier molecular flexibility index (Phi) is 3.80. The van der Waals surface area contributed by atoms with Crippen LogP contribution in [-0.4, -0.2) is 29.4 Å². The smallest absolute Gasteiger partial charge is 0.265 e. The monoisotopic (exact) mass is 280 g/mol. The van der Waals surface area contributed by atoms with E-state index < -0.39 is 0 Å². The number of halogens is 1. The zero-order valence-corrected chi connectivity index (χ0v) is 11.5. The molecule has 6 heteroatoms. The van der Waals surface area contributed by atoms with Crippen molar-refractivity contribution in [3.63, 3.8) is 0 Å². The maximum atomic E-state index is 11.6. The number of amides is 1. The molecule has 1 aliphatic rings. The van der Waals surface area contributed by atoms with Gasteiger partial charge in [-0.15, -0.1) is 12.4 Å². The molecule has 4 N–H and O–H groups in total. The van der Waals surface area contributed by atoms with E-state index in [1.54, 1.807) is 6.07 Å². The number of hydrazine groups is 1. The van der Waals surface area contributed by atoms with Crippen molar-refractivity contribution in [1.29, 1.82) is 0 Å². The Balaban J connectivity index is 0.00000133. The molecule has 3 rings (SSSR count). The molecule has 0 atom stereocenters. The molecule has 1 aromatic carbocycles. The summed E-state index contributed by atoms with van der Waals surface area (Å²) in [5, 5.41) is 1.12. The van der Waals surface area contributed by atoms with Gasteiger partial charge in [0.15, 0.2) is 0 Å². The van der Waals surface area contributed by atoms with Crippen LogP contribution >= 0.6 is 12.4 Å². The van der Waals surface area contributed by atoms with Gasteiger partial charge in [-0.2, -0.15) is 0 Å². The van der Waals surface area contributed by atoms with Gasteiger partial charge in [0.2, 0.25) is 0 Å². The van der Waals surface area contributed by atoms with Gasteiger partial charge in [0, 0.05) is 41.7 Å². The predicted octanol–water partition coefficient (Wildman–Crippen LogP) is 1.18. The summed E-state index contributed by atoms with van der Waals surface area (Å²) in [6, 6.07) is 5.64. The lowest BCUT2D eigenvalue weighted by molar-refractivity contribution is 0.0954. The average Bonchev–Trinajstić information content (AvgIpc) is 2.75.